The van der Waals surface area contributed by atoms with Gasteiger partial charge >= 0.3 is 0 Å². The largest absolute Gasteiger partial charge is 0.356 e. The number of nitrogens with zero attached hydrogens (tertiary/aromatic N) is 3. The molecular formula is C23H27N5O. The van der Waals surface area contributed by atoms with E-state index in [0.717, 1.165) is 25.9 Å². The lowest BCUT2D eigenvalue weighted by Gasteiger charge is -2.43. The van der Waals surface area contributed by atoms with Crippen LogP contribution in [0.25, 0.3) is 0 Å². The van der Waals surface area contributed by atoms with E-state index in [0.29, 0.717) is 24.6 Å². The van der Waals surface area contributed by atoms with Crippen LogP contribution in [-0.2, 0) is 5.41 Å². The van der Waals surface area contributed by atoms with E-state index >= 15 is 0 Å². The highest BCUT2D eigenvalue weighted by Gasteiger charge is 2.37. The van der Waals surface area contributed by atoms with Gasteiger partial charge in [0.1, 0.15) is 0 Å². The molecule has 0 aromatic heterocycles. The summed E-state index contributed by atoms with van der Waals surface area (Å²) in [6.45, 7) is 4.82. The number of aliphatic imine (C=N–C) groups is 1. The number of carbonyl (C=O) groups excluding carboxylic acids is 1. The Morgan fingerprint density at radius 3 is 2.28 bits per heavy atom. The molecule has 1 aliphatic heterocycles. The van der Waals surface area contributed by atoms with Gasteiger partial charge in [0.05, 0.1) is 0 Å². The predicted octanol–water partition coefficient (Wildman–Crippen LogP) is 2.90. The number of rotatable bonds is 5. The van der Waals surface area contributed by atoms with E-state index in [1.165, 1.54) is 5.56 Å². The van der Waals surface area contributed by atoms with Gasteiger partial charge in [-0.2, -0.15) is 5.26 Å². The average Bonchev–Trinajstić information content (AvgIpc) is 2.79. The first kappa shape index (κ1) is 20.4. The maximum atomic E-state index is 12.6. The van der Waals surface area contributed by atoms with Gasteiger partial charge < -0.3 is 15.5 Å². The summed E-state index contributed by atoms with van der Waals surface area (Å²) in [6.07, 6.45) is 3.61. The molecule has 0 radical (unpaired) electrons. The third-order valence-electron chi connectivity index (χ3n) is 5.52. The Hall–Kier alpha value is -3.33. The van der Waals surface area contributed by atoms with Crippen molar-refractivity contribution in [3.8, 4) is 6.19 Å². The molecule has 0 saturated carbocycles. The third kappa shape index (κ3) is 4.94. The number of hydrogen-bond acceptors (Lipinski definition) is 3. The van der Waals surface area contributed by atoms with Crippen molar-refractivity contribution in [2.45, 2.75) is 25.2 Å². The highest BCUT2D eigenvalue weighted by atomic mass is 16.1. The molecule has 0 bridgehead atoms. The quantitative estimate of drug-likeness (QED) is 0.468. The van der Waals surface area contributed by atoms with Crippen LogP contribution in [-0.4, -0.2) is 42.9 Å². The van der Waals surface area contributed by atoms with E-state index in [-0.39, 0.29) is 11.3 Å². The topological polar surface area (TPSA) is 80.5 Å². The number of nitriles is 1. The number of amides is 1. The molecule has 1 heterocycles. The van der Waals surface area contributed by atoms with Crippen LogP contribution < -0.4 is 10.6 Å². The van der Waals surface area contributed by atoms with Crippen LogP contribution >= 0.6 is 0 Å². The summed E-state index contributed by atoms with van der Waals surface area (Å²) >= 11 is 0. The van der Waals surface area contributed by atoms with Gasteiger partial charge in [-0.3, -0.25) is 4.79 Å². The second-order valence-corrected chi connectivity index (χ2v) is 7.25. The zero-order valence-corrected chi connectivity index (χ0v) is 16.8. The van der Waals surface area contributed by atoms with Gasteiger partial charge in [0.2, 0.25) is 12.2 Å². The number of hydrogen-bond donors (Lipinski definition) is 2. The Morgan fingerprint density at radius 1 is 1.07 bits per heavy atom. The third-order valence-corrected chi connectivity index (χ3v) is 5.52. The Morgan fingerprint density at radius 2 is 1.69 bits per heavy atom. The number of piperidine rings is 1. The summed E-state index contributed by atoms with van der Waals surface area (Å²) in [6, 6.07) is 19.7. The summed E-state index contributed by atoms with van der Waals surface area (Å²) in [7, 11) is 0. The van der Waals surface area contributed by atoms with Crippen molar-refractivity contribution in [2.75, 3.05) is 26.2 Å². The lowest BCUT2D eigenvalue weighted by Crippen LogP contribution is -2.52. The molecule has 3 rings (SSSR count). The number of nitrogens with one attached hydrogen (secondary N) is 2. The van der Waals surface area contributed by atoms with Crippen molar-refractivity contribution in [1.82, 2.24) is 15.5 Å². The van der Waals surface area contributed by atoms with Gasteiger partial charge in [-0.1, -0.05) is 48.5 Å². The van der Waals surface area contributed by atoms with E-state index in [1.54, 1.807) is 0 Å². The van der Waals surface area contributed by atoms with Crippen LogP contribution in [0, 0.1) is 11.5 Å². The van der Waals surface area contributed by atoms with Crippen molar-refractivity contribution in [3.05, 3.63) is 71.8 Å². The van der Waals surface area contributed by atoms with Gasteiger partial charge in [0, 0.05) is 37.2 Å². The van der Waals surface area contributed by atoms with Crippen molar-refractivity contribution < 1.29 is 4.79 Å². The molecule has 1 amide bonds. The highest BCUT2D eigenvalue weighted by molar-refractivity contribution is 5.94. The predicted molar refractivity (Wildman–Crippen MR) is 114 cm³/mol. The smallest absolute Gasteiger partial charge is 0.251 e. The lowest BCUT2D eigenvalue weighted by molar-refractivity contribution is 0.0932. The molecule has 6 nitrogen and oxygen atoms in total. The molecule has 0 spiro atoms. The van der Waals surface area contributed by atoms with Crippen LogP contribution in [0.3, 0.4) is 0 Å². The Bertz CT molecular complexity index is 865. The average molecular weight is 390 g/mol. The molecule has 150 valence electrons. The van der Waals surface area contributed by atoms with E-state index in [9.17, 15) is 4.79 Å². The summed E-state index contributed by atoms with van der Waals surface area (Å²) in [5.41, 5.74) is 1.76. The molecule has 0 unspecified atom stereocenters. The fourth-order valence-corrected chi connectivity index (χ4v) is 3.87. The van der Waals surface area contributed by atoms with Crippen molar-refractivity contribution in [2.24, 2.45) is 4.99 Å². The minimum Gasteiger partial charge on any atom is -0.356 e. The second kappa shape index (κ2) is 9.74. The normalized spacial score (nSPS) is 16.0. The number of carbonyl (C=O) groups is 1. The molecule has 0 aliphatic carbocycles. The summed E-state index contributed by atoms with van der Waals surface area (Å²) in [5, 5.41) is 15.3. The molecule has 1 saturated heterocycles. The van der Waals surface area contributed by atoms with E-state index < -0.39 is 0 Å². The monoisotopic (exact) mass is 389 g/mol. The molecule has 2 aromatic carbocycles. The maximum absolute atomic E-state index is 12.6. The lowest BCUT2D eigenvalue weighted by atomic mass is 9.72. The fraction of sp³-hybridized carbons (Fsp3) is 0.348. The van der Waals surface area contributed by atoms with E-state index in [4.69, 9.17) is 5.26 Å². The van der Waals surface area contributed by atoms with Crippen molar-refractivity contribution in [3.63, 3.8) is 0 Å². The first-order valence-electron chi connectivity index (χ1n) is 10.0. The molecular weight excluding hydrogens is 362 g/mol. The number of guanidine groups is 1. The molecule has 0 atom stereocenters. The van der Waals surface area contributed by atoms with Gasteiger partial charge in [-0.05, 0) is 37.5 Å². The molecule has 1 fully saturated rings. The van der Waals surface area contributed by atoms with E-state index in [1.807, 2.05) is 61.6 Å². The van der Waals surface area contributed by atoms with Gasteiger partial charge in [-0.15, -0.1) is 4.99 Å². The highest BCUT2D eigenvalue weighted by Crippen LogP contribution is 2.35. The number of benzene rings is 2. The first-order chi connectivity index (χ1) is 14.2. The van der Waals surface area contributed by atoms with Gasteiger partial charge in [0.25, 0.3) is 5.91 Å². The molecule has 29 heavy (non-hydrogen) atoms. The van der Waals surface area contributed by atoms with Gasteiger partial charge in [-0.25, -0.2) is 0 Å². The molecule has 1 aliphatic rings. The fourth-order valence-electron chi connectivity index (χ4n) is 3.87. The minimum atomic E-state index is -0.147. The van der Waals surface area contributed by atoms with Gasteiger partial charge in [0.15, 0.2) is 0 Å². The first-order valence-corrected chi connectivity index (χ1v) is 10.0. The molecule has 6 heteroatoms. The standard InChI is InChI=1S/C23H27N5O/c1-2-25-22(27-18-24)28-15-13-23(14-16-28,20-11-7-4-8-12-20)17-26-21(29)19-9-5-3-6-10-19/h3-12H,2,13-17H2,1H3,(H,25,27)(H,26,29). The van der Waals surface area contributed by atoms with Crippen LogP contribution in [0.4, 0.5) is 0 Å². The zero-order chi connectivity index (χ0) is 20.5. The Balaban J connectivity index is 1.76. The SMILES string of the molecule is CCN/C(=N\C#N)N1CCC(CNC(=O)c2ccccc2)(c2ccccc2)CC1. The van der Waals surface area contributed by atoms with Crippen LogP contribution in [0.2, 0.25) is 0 Å². The summed E-state index contributed by atoms with van der Waals surface area (Å²) in [4.78, 5) is 18.7. The van der Waals surface area contributed by atoms with Crippen LogP contribution in [0.1, 0.15) is 35.7 Å². The second-order valence-electron chi connectivity index (χ2n) is 7.25. The molecule has 2 N–H and O–H groups in total. The Kier molecular flexibility index (Phi) is 6.85. The zero-order valence-electron chi connectivity index (χ0n) is 16.8. The summed E-state index contributed by atoms with van der Waals surface area (Å²) < 4.78 is 0. The minimum absolute atomic E-state index is 0.0530. The maximum Gasteiger partial charge on any atom is 0.251 e. The van der Waals surface area contributed by atoms with Crippen LogP contribution in [0.15, 0.2) is 65.7 Å². The number of likely N-dealkylation sites (tertiary alicyclic amines) is 1. The van der Waals surface area contributed by atoms with Crippen LogP contribution in [0.5, 0.6) is 0 Å². The van der Waals surface area contributed by atoms with E-state index in [2.05, 4.69) is 32.7 Å². The van der Waals surface area contributed by atoms with Crippen molar-refractivity contribution >= 4 is 11.9 Å². The summed E-state index contributed by atoms with van der Waals surface area (Å²) in [5.74, 6) is 0.577. The van der Waals surface area contributed by atoms with Crippen molar-refractivity contribution in [1.29, 1.82) is 5.26 Å². The Labute approximate surface area is 172 Å². The molecule has 2 aromatic rings.